The van der Waals surface area contributed by atoms with Gasteiger partial charge < -0.3 is 4.74 Å². The first-order valence-corrected chi connectivity index (χ1v) is 6.25. The first-order valence-electron chi connectivity index (χ1n) is 4.77. The van der Waals surface area contributed by atoms with Crippen LogP contribution in [0, 0.1) is 0 Å². The molecule has 0 aromatic heterocycles. The fourth-order valence-corrected chi connectivity index (χ4v) is 2.25. The van der Waals surface area contributed by atoms with Crippen LogP contribution < -0.4 is 4.74 Å². The molecule has 4 nitrogen and oxygen atoms in total. The average Bonchev–Trinajstić information content (AvgIpc) is 2.53. The molecule has 0 radical (unpaired) electrons. The molecule has 1 aromatic carbocycles. The molecular formula is C11H11NO3S. The molecule has 0 saturated heterocycles. The molecule has 1 aromatic rings. The zero-order valence-corrected chi connectivity index (χ0v) is 9.57. The predicted molar refractivity (Wildman–Crippen MR) is 62.0 cm³/mol. The van der Waals surface area contributed by atoms with E-state index in [1.54, 1.807) is 12.1 Å². The molecule has 0 fully saturated rings. The number of hydrogen-bond acceptors (Lipinski definition) is 4. The average molecular weight is 237 g/mol. The van der Waals surface area contributed by atoms with Crippen LogP contribution in [0.15, 0.2) is 46.4 Å². The molecule has 2 rings (SSSR count). The molecule has 5 heteroatoms. The van der Waals surface area contributed by atoms with Gasteiger partial charge in [0.15, 0.2) is 0 Å². The summed E-state index contributed by atoms with van der Waals surface area (Å²) < 4.78 is 28.6. The third kappa shape index (κ3) is 1.99. The van der Waals surface area contributed by atoms with Crippen LogP contribution in [0.25, 0.3) is 0 Å². The van der Waals surface area contributed by atoms with Gasteiger partial charge in [-0.05, 0) is 19.1 Å². The van der Waals surface area contributed by atoms with Crippen LogP contribution in [0.5, 0.6) is 5.75 Å². The zero-order chi connectivity index (χ0) is 11.6. The molecular weight excluding hydrogens is 226 g/mol. The molecule has 0 amide bonds. The summed E-state index contributed by atoms with van der Waals surface area (Å²) in [7, 11) is -3.35. The number of sulfone groups is 1. The predicted octanol–water partition coefficient (Wildman–Crippen LogP) is 1.75. The summed E-state index contributed by atoms with van der Waals surface area (Å²) in [6, 6.07) is 9.07. The maximum Gasteiger partial charge on any atom is 0.220 e. The van der Waals surface area contributed by atoms with Gasteiger partial charge in [-0.25, -0.2) is 13.4 Å². The van der Waals surface area contributed by atoms with Gasteiger partial charge in [-0.3, -0.25) is 0 Å². The minimum absolute atomic E-state index is 0.0210. The van der Waals surface area contributed by atoms with Crippen LogP contribution in [0.3, 0.4) is 0 Å². The Bertz CT molecular complexity index is 544. The van der Waals surface area contributed by atoms with Crippen molar-refractivity contribution in [2.75, 3.05) is 6.61 Å². The maximum absolute atomic E-state index is 11.6. The molecule has 0 spiro atoms. The van der Waals surface area contributed by atoms with E-state index in [1.807, 2.05) is 18.2 Å². The second-order valence-electron chi connectivity index (χ2n) is 3.35. The molecule has 1 heterocycles. The van der Waals surface area contributed by atoms with Gasteiger partial charge >= 0.3 is 0 Å². The molecule has 0 aliphatic carbocycles. The number of nitrogens with zero attached hydrogens (tertiary/aromatic N) is 1. The molecule has 16 heavy (non-hydrogen) atoms. The summed E-state index contributed by atoms with van der Waals surface area (Å²) in [4.78, 5) is 3.97. The van der Waals surface area contributed by atoms with Crippen molar-refractivity contribution in [1.82, 2.24) is 0 Å². The second kappa shape index (κ2) is 4.09. The van der Waals surface area contributed by atoms with E-state index < -0.39 is 9.84 Å². The monoisotopic (exact) mass is 237 g/mol. The van der Waals surface area contributed by atoms with E-state index in [0.717, 1.165) is 0 Å². The Morgan fingerprint density at radius 2 is 1.94 bits per heavy atom. The largest absolute Gasteiger partial charge is 0.488 e. The highest BCUT2D eigenvalue weighted by Crippen LogP contribution is 2.18. The Labute approximate surface area is 94.2 Å². The first kappa shape index (κ1) is 10.9. The van der Waals surface area contributed by atoms with Gasteiger partial charge in [0.2, 0.25) is 9.84 Å². The molecule has 0 saturated carbocycles. The Morgan fingerprint density at radius 3 is 2.50 bits per heavy atom. The van der Waals surface area contributed by atoms with E-state index in [4.69, 9.17) is 4.74 Å². The van der Waals surface area contributed by atoms with Crippen LogP contribution in [-0.4, -0.2) is 20.1 Å². The van der Waals surface area contributed by atoms with Crippen molar-refractivity contribution in [2.24, 2.45) is 4.99 Å². The minimum Gasteiger partial charge on any atom is -0.488 e. The summed E-state index contributed by atoms with van der Waals surface area (Å²) in [5.41, 5.74) is 0. The Morgan fingerprint density at radius 1 is 1.25 bits per heavy atom. The highest BCUT2D eigenvalue weighted by Gasteiger charge is 2.26. The number of para-hydroxylation sites is 1. The van der Waals surface area contributed by atoms with E-state index >= 15 is 0 Å². The summed E-state index contributed by atoms with van der Waals surface area (Å²) in [6.45, 7) is 1.49. The van der Waals surface area contributed by atoms with Crippen LogP contribution in [0.2, 0.25) is 0 Å². The fraction of sp³-hybridized carbons (Fsp3) is 0.182. The van der Waals surface area contributed by atoms with Crippen molar-refractivity contribution >= 4 is 14.9 Å². The lowest BCUT2D eigenvalue weighted by atomic mass is 10.3. The van der Waals surface area contributed by atoms with Crippen LogP contribution in [0.4, 0.5) is 0 Å². The Kier molecular flexibility index (Phi) is 2.78. The topological polar surface area (TPSA) is 55.7 Å². The fourth-order valence-electron chi connectivity index (χ4n) is 1.28. The normalized spacial score (nSPS) is 17.8. The zero-order valence-electron chi connectivity index (χ0n) is 8.75. The Balaban J connectivity index is 2.05. The molecule has 0 atom stereocenters. The van der Waals surface area contributed by atoms with E-state index in [0.29, 0.717) is 5.75 Å². The number of aliphatic imine (C=N–C) groups is 1. The third-order valence-corrected chi connectivity index (χ3v) is 4.05. The van der Waals surface area contributed by atoms with Gasteiger partial charge in [0.05, 0.1) is 0 Å². The highest BCUT2D eigenvalue weighted by atomic mass is 32.2. The number of hydrogen-bond donors (Lipinski definition) is 0. The van der Waals surface area contributed by atoms with Crippen molar-refractivity contribution in [3.63, 3.8) is 0 Å². The molecule has 0 bridgehead atoms. The van der Waals surface area contributed by atoms with Crippen molar-refractivity contribution in [2.45, 2.75) is 6.92 Å². The van der Waals surface area contributed by atoms with E-state index in [2.05, 4.69) is 4.99 Å². The summed E-state index contributed by atoms with van der Waals surface area (Å²) in [6.07, 6.45) is 1.34. The van der Waals surface area contributed by atoms with Gasteiger partial charge in [-0.2, -0.15) is 0 Å². The lowest BCUT2D eigenvalue weighted by Gasteiger charge is -2.06. The van der Waals surface area contributed by atoms with Gasteiger partial charge in [0, 0.05) is 6.20 Å². The second-order valence-corrected chi connectivity index (χ2v) is 5.47. The van der Waals surface area contributed by atoms with Gasteiger partial charge in [-0.15, -0.1) is 0 Å². The smallest absolute Gasteiger partial charge is 0.220 e. The standard InChI is InChI=1S/C11H11NO3S/c1-9-12-7-11(16(9,13)14)8-15-10-5-3-2-4-6-10/h2-7H,8H2,1H3. The third-order valence-electron chi connectivity index (χ3n) is 2.25. The SMILES string of the molecule is CC1=NC=C(COc2ccccc2)S1(=O)=O. The number of ether oxygens (including phenoxy) is 1. The van der Waals surface area contributed by atoms with E-state index in [-0.39, 0.29) is 16.6 Å². The number of benzene rings is 1. The summed E-state index contributed by atoms with van der Waals surface area (Å²) >= 11 is 0. The highest BCUT2D eigenvalue weighted by molar-refractivity contribution is 8.09. The van der Waals surface area contributed by atoms with Crippen molar-refractivity contribution in [3.05, 3.63) is 41.4 Å². The van der Waals surface area contributed by atoms with Gasteiger partial charge in [-0.1, -0.05) is 18.2 Å². The van der Waals surface area contributed by atoms with E-state index in [9.17, 15) is 8.42 Å². The molecule has 1 aliphatic rings. The molecule has 1 aliphatic heterocycles. The van der Waals surface area contributed by atoms with Crippen LogP contribution in [0.1, 0.15) is 6.92 Å². The van der Waals surface area contributed by atoms with Gasteiger partial charge in [0.25, 0.3) is 0 Å². The van der Waals surface area contributed by atoms with Crippen molar-refractivity contribution in [1.29, 1.82) is 0 Å². The summed E-state index contributed by atoms with van der Waals surface area (Å²) in [5, 5.41) is 0.124. The van der Waals surface area contributed by atoms with Crippen LogP contribution >= 0.6 is 0 Å². The molecule has 0 unspecified atom stereocenters. The lowest BCUT2D eigenvalue weighted by Crippen LogP contribution is -2.14. The first-order chi connectivity index (χ1) is 7.60. The quantitative estimate of drug-likeness (QED) is 0.804. The van der Waals surface area contributed by atoms with Gasteiger partial charge in [0.1, 0.15) is 22.3 Å². The lowest BCUT2D eigenvalue weighted by molar-refractivity contribution is 0.358. The van der Waals surface area contributed by atoms with E-state index in [1.165, 1.54) is 13.1 Å². The van der Waals surface area contributed by atoms with Crippen LogP contribution in [-0.2, 0) is 9.84 Å². The number of rotatable bonds is 3. The minimum atomic E-state index is -3.35. The maximum atomic E-state index is 11.6. The summed E-state index contributed by atoms with van der Waals surface area (Å²) in [5.74, 6) is 0.642. The van der Waals surface area contributed by atoms with Crippen molar-refractivity contribution < 1.29 is 13.2 Å². The van der Waals surface area contributed by atoms with Crippen molar-refractivity contribution in [3.8, 4) is 5.75 Å². The molecule has 0 N–H and O–H groups in total. The molecule has 84 valence electrons. The Hall–Kier alpha value is -1.62.